The van der Waals surface area contributed by atoms with E-state index in [1.807, 2.05) is 0 Å². The molecule has 5 heteroatoms. The van der Waals surface area contributed by atoms with Gasteiger partial charge in [0.25, 0.3) is 5.91 Å². The zero-order valence-corrected chi connectivity index (χ0v) is 9.14. The van der Waals surface area contributed by atoms with E-state index in [-0.39, 0.29) is 11.5 Å². The average molecular weight is 234 g/mol. The Morgan fingerprint density at radius 3 is 2.53 bits per heavy atom. The van der Waals surface area contributed by atoms with Crippen molar-refractivity contribution >= 4 is 17.6 Å². The summed E-state index contributed by atoms with van der Waals surface area (Å²) in [6.07, 6.45) is 1.22. The molecule has 0 bridgehead atoms. The van der Waals surface area contributed by atoms with Crippen LogP contribution in [0.5, 0.6) is 0 Å². The van der Waals surface area contributed by atoms with Crippen molar-refractivity contribution in [1.82, 2.24) is 0 Å². The first-order valence-electron chi connectivity index (χ1n) is 5.41. The van der Waals surface area contributed by atoms with Gasteiger partial charge in [0.1, 0.15) is 6.10 Å². The molecule has 0 saturated carbocycles. The molecule has 0 aliphatic carbocycles. The van der Waals surface area contributed by atoms with Crippen LogP contribution in [-0.2, 0) is 9.53 Å². The second-order valence-corrected chi connectivity index (χ2v) is 3.86. The standard InChI is InChI=1S/C12H13NO4/c14-11(10-2-1-7-17-10)13-9-5-3-8(4-6-9)12(15)16/h3-6,10H,1-2,7H2,(H,13,14)(H,15,16)/p-1/t10-/m1/s1. The molecule has 0 aromatic heterocycles. The molecule has 1 atom stereocenters. The third-order valence-corrected chi connectivity index (χ3v) is 2.61. The Bertz CT molecular complexity index is 421. The summed E-state index contributed by atoms with van der Waals surface area (Å²) in [5.74, 6) is -1.43. The number of ether oxygens (including phenoxy) is 1. The molecule has 1 aromatic carbocycles. The second kappa shape index (κ2) is 4.97. The van der Waals surface area contributed by atoms with Gasteiger partial charge in [-0.15, -0.1) is 0 Å². The fourth-order valence-corrected chi connectivity index (χ4v) is 1.70. The van der Waals surface area contributed by atoms with E-state index >= 15 is 0 Å². The number of hydrogen-bond acceptors (Lipinski definition) is 4. The van der Waals surface area contributed by atoms with Gasteiger partial charge in [-0.2, -0.15) is 0 Å². The van der Waals surface area contributed by atoms with Crippen LogP contribution < -0.4 is 10.4 Å². The number of carboxylic acid groups (broad SMARTS) is 1. The van der Waals surface area contributed by atoms with Crippen LogP contribution in [0, 0.1) is 0 Å². The minimum atomic E-state index is -1.23. The van der Waals surface area contributed by atoms with E-state index in [0.29, 0.717) is 12.3 Å². The van der Waals surface area contributed by atoms with Gasteiger partial charge < -0.3 is 20.0 Å². The highest BCUT2D eigenvalue weighted by Gasteiger charge is 2.23. The number of rotatable bonds is 3. The van der Waals surface area contributed by atoms with Crippen LogP contribution in [0.3, 0.4) is 0 Å². The zero-order chi connectivity index (χ0) is 12.3. The van der Waals surface area contributed by atoms with E-state index < -0.39 is 12.1 Å². The Balaban J connectivity index is 1.98. The normalized spacial score (nSPS) is 18.9. The molecule has 1 aliphatic heterocycles. The van der Waals surface area contributed by atoms with Gasteiger partial charge in [0, 0.05) is 12.3 Å². The van der Waals surface area contributed by atoms with Crippen molar-refractivity contribution in [3.05, 3.63) is 29.8 Å². The Morgan fingerprint density at radius 1 is 1.29 bits per heavy atom. The number of carboxylic acids is 1. The fourth-order valence-electron chi connectivity index (χ4n) is 1.70. The molecule has 1 heterocycles. The van der Waals surface area contributed by atoms with E-state index in [4.69, 9.17) is 4.74 Å². The quantitative estimate of drug-likeness (QED) is 0.808. The SMILES string of the molecule is O=C([O-])c1ccc(NC(=O)[C@H]2CCCO2)cc1. The molecule has 1 saturated heterocycles. The van der Waals surface area contributed by atoms with Crippen LogP contribution in [0.15, 0.2) is 24.3 Å². The summed E-state index contributed by atoms with van der Waals surface area (Å²) < 4.78 is 5.23. The van der Waals surface area contributed by atoms with Crippen LogP contribution >= 0.6 is 0 Å². The fraction of sp³-hybridized carbons (Fsp3) is 0.333. The lowest BCUT2D eigenvalue weighted by atomic mass is 10.2. The number of carbonyl (C=O) groups excluding carboxylic acids is 2. The van der Waals surface area contributed by atoms with Gasteiger partial charge in [0.05, 0.1) is 5.97 Å². The summed E-state index contributed by atoms with van der Waals surface area (Å²) in [4.78, 5) is 22.2. The summed E-state index contributed by atoms with van der Waals surface area (Å²) in [6.45, 7) is 0.613. The van der Waals surface area contributed by atoms with E-state index in [1.165, 1.54) is 24.3 Å². The van der Waals surface area contributed by atoms with Gasteiger partial charge >= 0.3 is 0 Å². The summed E-state index contributed by atoms with van der Waals surface area (Å²) in [5.41, 5.74) is 0.635. The lowest BCUT2D eigenvalue weighted by Gasteiger charge is -2.11. The highest BCUT2D eigenvalue weighted by atomic mass is 16.5. The van der Waals surface area contributed by atoms with Crippen molar-refractivity contribution in [1.29, 1.82) is 0 Å². The summed E-state index contributed by atoms with van der Waals surface area (Å²) in [6, 6.07) is 5.83. The van der Waals surface area contributed by atoms with Gasteiger partial charge in [0.15, 0.2) is 0 Å². The number of aromatic carboxylic acids is 1. The second-order valence-electron chi connectivity index (χ2n) is 3.86. The highest BCUT2D eigenvalue weighted by Crippen LogP contribution is 2.15. The largest absolute Gasteiger partial charge is 0.545 e. The predicted molar refractivity (Wildman–Crippen MR) is 58.4 cm³/mol. The van der Waals surface area contributed by atoms with Crippen molar-refractivity contribution < 1.29 is 19.4 Å². The molecule has 90 valence electrons. The Labute approximate surface area is 98.4 Å². The van der Waals surface area contributed by atoms with E-state index in [9.17, 15) is 14.7 Å². The maximum Gasteiger partial charge on any atom is 0.253 e. The first-order chi connectivity index (χ1) is 8.16. The number of nitrogens with one attached hydrogen (secondary N) is 1. The van der Waals surface area contributed by atoms with Gasteiger partial charge in [-0.25, -0.2) is 0 Å². The molecule has 0 radical (unpaired) electrons. The molecule has 1 N–H and O–H groups in total. The topological polar surface area (TPSA) is 78.5 Å². The predicted octanol–water partition coefficient (Wildman–Crippen LogP) is 0.168. The Kier molecular flexibility index (Phi) is 3.39. The summed E-state index contributed by atoms with van der Waals surface area (Å²) in [5, 5.41) is 13.2. The summed E-state index contributed by atoms with van der Waals surface area (Å²) in [7, 11) is 0. The highest BCUT2D eigenvalue weighted by molar-refractivity contribution is 5.95. The number of benzene rings is 1. The monoisotopic (exact) mass is 234 g/mol. The average Bonchev–Trinajstić information content (AvgIpc) is 2.83. The number of amides is 1. The van der Waals surface area contributed by atoms with Gasteiger partial charge in [-0.05, 0) is 30.5 Å². The van der Waals surface area contributed by atoms with Crippen molar-refractivity contribution in [2.24, 2.45) is 0 Å². The van der Waals surface area contributed by atoms with Crippen molar-refractivity contribution in [2.45, 2.75) is 18.9 Å². The molecular formula is C12H12NO4-. The molecular weight excluding hydrogens is 222 g/mol. The van der Waals surface area contributed by atoms with Crippen LogP contribution in [0.2, 0.25) is 0 Å². The smallest absolute Gasteiger partial charge is 0.253 e. The van der Waals surface area contributed by atoms with E-state index in [0.717, 1.165) is 12.8 Å². The Hall–Kier alpha value is -1.88. The minimum Gasteiger partial charge on any atom is -0.545 e. The molecule has 1 amide bonds. The maximum atomic E-state index is 11.7. The molecule has 0 unspecified atom stereocenters. The summed E-state index contributed by atoms with van der Waals surface area (Å²) >= 11 is 0. The van der Waals surface area contributed by atoms with Crippen molar-refractivity contribution in [3.63, 3.8) is 0 Å². The van der Waals surface area contributed by atoms with Gasteiger partial charge in [0.2, 0.25) is 0 Å². The lowest BCUT2D eigenvalue weighted by molar-refractivity contribution is -0.255. The molecule has 1 aliphatic rings. The number of anilines is 1. The van der Waals surface area contributed by atoms with Crippen LogP contribution in [0.1, 0.15) is 23.2 Å². The Morgan fingerprint density at radius 2 is 2.00 bits per heavy atom. The molecule has 1 aromatic rings. The van der Waals surface area contributed by atoms with Crippen molar-refractivity contribution in [2.75, 3.05) is 11.9 Å². The van der Waals surface area contributed by atoms with Crippen LogP contribution in [0.25, 0.3) is 0 Å². The molecule has 17 heavy (non-hydrogen) atoms. The molecule has 2 rings (SSSR count). The number of hydrogen-bond donors (Lipinski definition) is 1. The van der Waals surface area contributed by atoms with Gasteiger partial charge in [-0.3, -0.25) is 4.79 Å². The van der Waals surface area contributed by atoms with Crippen LogP contribution in [-0.4, -0.2) is 24.6 Å². The zero-order valence-electron chi connectivity index (χ0n) is 9.14. The van der Waals surface area contributed by atoms with E-state index in [1.54, 1.807) is 0 Å². The van der Waals surface area contributed by atoms with E-state index in [2.05, 4.69) is 5.32 Å². The first kappa shape index (κ1) is 11.6. The van der Waals surface area contributed by atoms with Crippen molar-refractivity contribution in [3.8, 4) is 0 Å². The maximum absolute atomic E-state index is 11.7. The number of carbonyl (C=O) groups is 2. The lowest BCUT2D eigenvalue weighted by Crippen LogP contribution is -2.27. The third-order valence-electron chi connectivity index (χ3n) is 2.61. The van der Waals surface area contributed by atoms with Crippen LogP contribution in [0.4, 0.5) is 5.69 Å². The molecule has 5 nitrogen and oxygen atoms in total. The van der Waals surface area contributed by atoms with Gasteiger partial charge in [-0.1, -0.05) is 12.1 Å². The molecule has 0 spiro atoms. The minimum absolute atomic E-state index is 0.0834. The third kappa shape index (κ3) is 2.82. The molecule has 1 fully saturated rings. The first-order valence-corrected chi connectivity index (χ1v) is 5.41.